The summed E-state index contributed by atoms with van der Waals surface area (Å²) in [5.41, 5.74) is 9.08. The van der Waals surface area contributed by atoms with E-state index in [0.29, 0.717) is 21.3 Å². The van der Waals surface area contributed by atoms with Crippen LogP contribution >= 0.6 is 27.5 Å². The summed E-state index contributed by atoms with van der Waals surface area (Å²) in [4.78, 5) is 7.16. The van der Waals surface area contributed by atoms with E-state index in [4.69, 9.17) is 22.1 Å². The molecule has 2 rings (SSSR count). The van der Waals surface area contributed by atoms with Crippen LogP contribution in [0.3, 0.4) is 0 Å². The van der Waals surface area contributed by atoms with E-state index in [1.165, 1.54) is 0 Å². The molecule has 2 aromatic rings. The van der Waals surface area contributed by atoms with Crippen molar-refractivity contribution in [2.75, 3.05) is 12.8 Å². The molecular formula is C12H13BrClN3O. The van der Waals surface area contributed by atoms with Gasteiger partial charge in [-0.3, -0.25) is 0 Å². The Labute approximate surface area is 119 Å². The van der Waals surface area contributed by atoms with E-state index in [9.17, 15) is 0 Å². The largest absolute Gasteiger partial charge is 0.496 e. The van der Waals surface area contributed by atoms with Crippen molar-refractivity contribution in [3.8, 4) is 17.0 Å². The minimum Gasteiger partial charge on any atom is -0.496 e. The van der Waals surface area contributed by atoms with Gasteiger partial charge >= 0.3 is 0 Å². The quantitative estimate of drug-likeness (QED) is 0.882. The molecule has 4 nitrogen and oxygen atoms in total. The highest BCUT2D eigenvalue weighted by molar-refractivity contribution is 9.10. The molecule has 0 atom stereocenters. The third kappa shape index (κ3) is 2.08. The first-order valence-electron chi connectivity index (χ1n) is 5.30. The fourth-order valence-corrected chi connectivity index (χ4v) is 2.55. The highest BCUT2D eigenvalue weighted by Gasteiger charge is 2.19. The van der Waals surface area contributed by atoms with Gasteiger partial charge in [0.2, 0.25) is 0 Å². The number of nitrogens with one attached hydrogen (secondary N) is 1. The van der Waals surface area contributed by atoms with E-state index in [0.717, 1.165) is 22.4 Å². The Morgan fingerprint density at radius 3 is 2.61 bits per heavy atom. The molecule has 1 aromatic carbocycles. The molecule has 0 aliphatic rings. The molecule has 0 radical (unpaired) electrons. The zero-order valence-electron chi connectivity index (χ0n) is 10.3. The van der Waals surface area contributed by atoms with Crippen LogP contribution in [0, 0.1) is 13.8 Å². The van der Waals surface area contributed by atoms with Crippen molar-refractivity contribution in [2.45, 2.75) is 13.8 Å². The first-order chi connectivity index (χ1) is 8.45. The Hall–Kier alpha value is -1.20. The molecule has 0 aliphatic heterocycles. The van der Waals surface area contributed by atoms with Crippen molar-refractivity contribution in [2.24, 2.45) is 0 Å². The highest BCUT2D eigenvalue weighted by Crippen LogP contribution is 2.40. The summed E-state index contributed by atoms with van der Waals surface area (Å²) in [6, 6.07) is 1.89. The Bertz CT molecular complexity index is 610. The van der Waals surface area contributed by atoms with Crippen LogP contribution in [0.5, 0.6) is 5.75 Å². The molecule has 0 unspecified atom stereocenters. The Morgan fingerprint density at radius 1 is 1.44 bits per heavy atom. The second-order valence-electron chi connectivity index (χ2n) is 3.99. The highest BCUT2D eigenvalue weighted by atomic mass is 79.9. The van der Waals surface area contributed by atoms with Gasteiger partial charge in [-0.1, -0.05) is 11.6 Å². The number of nitrogen functional groups attached to an aromatic ring is 1. The van der Waals surface area contributed by atoms with Gasteiger partial charge in [0.1, 0.15) is 16.0 Å². The first-order valence-corrected chi connectivity index (χ1v) is 6.47. The molecule has 0 spiro atoms. The number of imidazole rings is 1. The number of benzene rings is 1. The molecule has 0 saturated carbocycles. The second-order valence-corrected chi connectivity index (χ2v) is 5.17. The Kier molecular flexibility index (Phi) is 3.54. The number of hydrogen-bond acceptors (Lipinski definition) is 3. The van der Waals surface area contributed by atoms with E-state index in [2.05, 4.69) is 25.9 Å². The van der Waals surface area contributed by atoms with E-state index in [1.54, 1.807) is 7.11 Å². The predicted molar refractivity (Wildman–Crippen MR) is 77.2 cm³/mol. The molecule has 1 aromatic heterocycles. The van der Waals surface area contributed by atoms with Crippen LogP contribution in [-0.2, 0) is 0 Å². The number of methoxy groups -OCH3 is 1. The first kappa shape index (κ1) is 13.2. The van der Waals surface area contributed by atoms with Crippen molar-refractivity contribution >= 4 is 33.5 Å². The van der Waals surface area contributed by atoms with Gasteiger partial charge in [-0.2, -0.15) is 0 Å². The number of nitrogens with two attached hydrogens (primary N) is 1. The van der Waals surface area contributed by atoms with Gasteiger partial charge in [-0.05, 0) is 47.0 Å². The average Bonchev–Trinajstić information content (AvgIpc) is 2.64. The summed E-state index contributed by atoms with van der Waals surface area (Å²) in [6.07, 6.45) is 0. The third-order valence-electron chi connectivity index (χ3n) is 2.78. The lowest BCUT2D eigenvalue weighted by atomic mass is 10.0. The van der Waals surface area contributed by atoms with Gasteiger partial charge < -0.3 is 15.5 Å². The van der Waals surface area contributed by atoms with E-state index < -0.39 is 0 Å². The number of H-pyrrole nitrogens is 1. The number of rotatable bonds is 2. The predicted octanol–water partition coefficient (Wildman–Crippen LogP) is 3.70. The number of aryl methyl sites for hydroxylation is 1. The molecule has 6 heteroatoms. The van der Waals surface area contributed by atoms with Crippen molar-refractivity contribution in [1.82, 2.24) is 9.97 Å². The monoisotopic (exact) mass is 329 g/mol. The SMILES string of the molecule is COc1cc(C)c(Cl)c(C)c1-c1nc(N)[nH]c1Br. The summed E-state index contributed by atoms with van der Waals surface area (Å²) in [5, 5.41) is 0.708. The molecule has 18 heavy (non-hydrogen) atoms. The molecule has 0 fully saturated rings. The number of aromatic amines is 1. The van der Waals surface area contributed by atoms with Crippen LogP contribution in [0.4, 0.5) is 5.95 Å². The number of anilines is 1. The number of hydrogen-bond donors (Lipinski definition) is 2. The number of halogens is 2. The minimum absolute atomic E-state index is 0.343. The van der Waals surface area contributed by atoms with Crippen LogP contribution < -0.4 is 10.5 Å². The topological polar surface area (TPSA) is 63.9 Å². The lowest BCUT2D eigenvalue weighted by Gasteiger charge is -2.13. The fraction of sp³-hybridized carbons (Fsp3) is 0.250. The number of nitrogens with zero attached hydrogens (tertiary/aromatic N) is 1. The lowest BCUT2D eigenvalue weighted by Crippen LogP contribution is -1.95. The average molecular weight is 331 g/mol. The van der Waals surface area contributed by atoms with Crippen LogP contribution in [-0.4, -0.2) is 17.1 Å². The zero-order chi connectivity index (χ0) is 13.4. The van der Waals surface area contributed by atoms with Gasteiger partial charge in [0, 0.05) is 10.6 Å². The third-order valence-corrected chi connectivity index (χ3v) is 3.93. The van der Waals surface area contributed by atoms with Crippen molar-refractivity contribution in [1.29, 1.82) is 0 Å². The van der Waals surface area contributed by atoms with Gasteiger partial charge in [0.05, 0.1) is 7.11 Å². The van der Waals surface area contributed by atoms with E-state index in [1.807, 2.05) is 19.9 Å². The van der Waals surface area contributed by atoms with Crippen LogP contribution in [0.15, 0.2) is 10.7 Å². The van der Waals surface area contributed by atoms with Gasteiger partial charge in [0.15, 0.2) is 5.95 Å². The van der Waals surface area contributed by atoms with E-state index >= 15 is 0 Å². The van der Waals surface area contributed by atoms with E-state index in [-0.39, 0.29) is 0 Å². The summed E-state index contributed by atoms with van der Waals surface area (Å²) in [7, 11) is 1.62. The van der Waals surface area contributed by atoms with Crippen molar-refractivity contribution < 1.29 is 4.74 Å². The van der Waals surface area contributed by atoms with Crippen LogP contribution in [0.25, 0.3) is 11.3 Å². The maximum absolute atomic E-state index is 6.28. The molecular weight excluding hydrogens is 318 g/mol. The Morgan fingerprint density at radius 2 is 2.11 bits per heavy atom. The molecule has 96 valence electrons. The zero-order valence-corrected chi connectivity index (χ0v) is 12.6. The molecule has 0 saturated heterocycles. The van der Waals surface area contributed by atoms with Gasteiger partial charge in [0.25, 0.3) is 0 Å². The number of ether oxygens (including phenoxy) is 1. The normalized spacial score (nSPS) is 10.7. The fourth-order valence-electron chi connectivity index (χ4n) is 1.91. The molecule has 3 N–H and O–H groups in total. The molecule has 0 aliphatic carbocycles. The van der Waals surface area contributed by atoms with Gasteiger partial charge in [-0.25, -0.2) is 4.98 Å². The summed E-state index contributed by atoms with van der Waals surface area (Å²) in [5.74, 6) is 1.07. The van der Waals surface area contributed by atoms with Crippen molar-refractivity contribution in [3.63, 3.8) is 0 Å². The standard InChI is InChI=1S/C12H13BrClN3O/c1-5-4-7(18-3)8(6(2)9(5)14)10-11(13)17-12(15)16-10/h4H,1-3H3,(H3,15,16,17). The molecule has 0 amide bonds. The smallest absolute Gasteiger partial charge is 0.198 e. The summed E-state index contributed by atoms with van der Waals surface area (Å²) < 4.78 is 6.12. The van der Waals surface area contributed by atoms with Crippen molar-refractivity contribution in [3.05, 3.63) is 26.8 Å². The second kappa shape index (κ2) is 4.82. The number of aromatic nitrogens is 2. The van der Waals surface area contributed by atoms with Crippen LogP contribution in [0.2, 0.25) is 5.02 Å². The summed E-state index contributed by atoms with van der Waals surface area (Å²) in [6.45, 7) is 3.88. The van der Waals surface area contributed by atoms with Crippen LogP contribution in [0.1, 0.15) is 11.1 Å². The minimum atomic E-state index is 0.343. The lowest BCUT2D eigenvalue weighted by molar-refractivity contribution is 0.415. The maximum atomic E-state index is 6.28. The molecule has 1 heterocycles. The van der Waals surface area contributed by atoms with Gasteiger partial charge in [-0.15, -0.1) is 0 Å². The maximum Gasteiger partial charge on any atom is 0.198 e. The summed E-state index contributed by atoms with van der Waals surface area (Å²) >= 11 is 9.68. The Balaban J connectivity index is 2.77. The molecule has 0 bridgehead atoms.